The lowest BCUT2D eigenvalue weighted by Gasteiger charge is -2.15. The van der Waals surface area contributed by atoms with Gasteiger partial charge in [-0.2, -0.15) is 4.57 Å². The van der Waals surface area contributed by atoms with Gasteiger partial charge in [-0.15, -0.1) is 0 Å². The van der Waals surface area contributed by atoms with Crippen LogP contribution in [-0.4, -0.2) is 6.54 Å². The summed E-state index contributed by atoms with van der Waals surface area (Å²) in [6.45, 7) is 10.4. The fourth-order valence-electron chi connectivity index (χ4n) is 3.56. The summed E-state index contributed by atoms with van der Waals surface area (Å²) >= 11 is 1.77. The van der Waals surface area contributed by atoms with E-state index in [4.69, 9.17) is 4.74 Å². The zero-order valence-corrected chi connectivity index (χ0v) is 18.3. The number of hydrogen-bond acceptors (Lipinski definition) is 3. The molecule has 2 heterocycles. The van der Waals surface area contributed by atoms with Gasteiger partial charge in [0.2, 0.25) is 5.88 Å². The fraction of sp³-hybridized carbons (Fsp3) is 0.240. The molecule has 2 aromatic carbocycles. The molecular weight excluding hydrogens is 376 g/mol. The van der Waals surface area contributed by atoms with Crippen molar-refractivity contribution in [2.75, 3.05) is 11.4 Å². The largest absolute Gasteiger partial charge is 0.439 e. The van der Waals surface area contributed by atoms with E-state index in [1.165, 1.54) is 27.4 Å². The van der Waals surface area contributed by atoms with Crippen molar-refractivity contribution in [1.29, 1.82) is 0 Å². The van der Waals surface area contributed by atoms with Gasteiger partial charge in [-0.05, 0) is 56.2 Å². The van der Waals surface area contributed by atoms with Gasteiger partial charge >= 0.3 is 0 Å². The average Bonchev–Trinajstić information content (AvgIpc) is 3.23. The summed E-state index contributed by atoms with van der Waals surface area (Å²) in [7, 11) is 0. The predicted octanol–water partition coefficient (Wildman–Crippen LogP) is 5.78. The highest BCUT2D eigenvalue weighted by molar-refractivity contribution is 7.10. The Morgan fingerprint density at radius 2 is 1.83 bits per heavy atom. The van der Waals surface area contributed by atoms with E-state index in [1.54, 1.807) is 11.3 Å². The third-order valence-corrected chi connectivity index (χ3v) is 6.42. The van der Waals surface area contributed by atoms with Crippen LogP contribution in [0.25, 0.3) is 6.08 Å². The average molecular weight is 404 g/mol. The number of ether oxygens (including phenoxy) is 1. The highest BCUT2D eigenvalue weighted by atomic mass is 32.1. The molecule has 0 amide bonds. The van der Waals surface area contributed by atoms with Crippen LogP contribution >= 0.6 is 11.3 Å². The lowest BCUT2D eigenvalue weighted by molar-refractivity contribution is -0.691. The quantitative estimate of drug-likeness (QED) is 0.502. The minimum absolute atomic E-state index is 0.876. The Balaban J connectivity index is 1.57. The molecular formula is C25H27N2OS+. The van der Waals surface area contributed by atoms with E-state index in [9.17, 15) is 0 Å². The second-order valence-corrected chi connectivity index (χ2v) is 8.29. The number of aromatic nitrogens is 1. The Kier molecular flexibility index (Phi) is 5.54. The van der Waals surface area contributed by atoms with Gasteiger partial charge in [0, 0.05) is 25.1 Å². The number of fused-ring (bicyclic) bond motifs is 1. The normalized spacial score (nSPS) is 14.6. The summed E-state index contributed by atoms with van der Waals surface area (Å²) in [5, 5.41) is 3.44. The fourth-order valence-corrected chi connectivity index (χ4v) is 4.47. The molecule has 0 aliphatic carbocycles. The predicted molar refractivity (Wildman–Crippen MR) is 121 cm³/mol. The molecule has 0 radical (unpaired) electrons. The smallest absolute Gasteiger partial charge is 0.262 e. The van der Waals surface area contributed by atoms with Crippen molar-refractivity contribution < 1.29 is 9.30 Å². The van der Waals surface area contributed by atoms with Crippen LogP contribution in [0.2, 0.25) is 0 Å². The van der Waals surface area contributed by atoms with Gasteiger partial charge in [0.15, 0.2) is 18.0 Å². The van der Waals surface area contributed by atoms with Gasteiger partial charge in [-0.1, -0.05) is 41.7 Å². The molecule has 148 valence electrons. The molecule has 0 saturated carbocycles. The summed E-state index contributed by atoms with van der Waals surface area (Å²) < 4.78 is 8.50. The van der Waals surface area contributed by atoms with Crippen LogP contribution in [0.3, 0.4) is 0 Å². The number of anilines is 1. The molecule has 1 aromatic heterocycles. The van der Waals surface area contributed by atoms with Crippen molar-refractivity contribution in [2.45, 2.75) is 34.2 Å². The molecule has 4 heteroatoms. The van der Waals surface area contributed by atoms with Crippen molar-refractivity contribution >= 4 is 23.1 Å². The van der Waals surface area contributed by atoms with Crippen LogP contribution in [0, 0.1) is 20.8 Å². The minimum Gasteiger partial charge on any atom is -0.439 e. The summed E-state index contributed by atoms with van der Waals surface area (Å²) in [4.78, 5) is 2.23. The first-order valence-corrected chi connectivity index (χ1v) is 10.9. The number of allylic oxidation sites excluding steroid dienone is 2. The van der Waals surface area contributed by atoms with Gasteiger partial charge in [-0.3, -0.25) is 0 Å². The molecule has 3 aromatic rings. The SMILES string of the molecule is CCN1/C(=C/C=C/c2scc(C)[n+]2Cc2ccccc2)Oc2cc(C)c(C)cc21. The van der Waals surface area contributed by atoms with Crippen molar-refractivity contribution in [1.82, 2.24) is 0 Å². The lowest BCUT2D eigenvalue weighted by Crippen LogP contribution is -2.37. The van der Waals surface area contributed by atoms with Gasteiger partial charge in [-0.25, -0.2) is 0 Å². The molecule has 4 rings (SSSR count). The van der Waals surface area contributed by atoms with E-state index >= 15 is 0 Å². The van der Waals surface area contributed by atoms with Crippen LogP contribution in [0.1, 0.15) is 34.3 Å². The third kappa shape index (κ3) is 3.99. The van der Waals surface area contributed by atoms with Gasteiger partial charge in [0.05, 0.1) is 11.1 Å². The number of benzene rings is 2. The maximum absolute atomic E-state index is 6.15. The number of thiazole rings is 1. The number of aryl methyl sites for hydroxylation is 3. The zero-order chi connectivity index (χ0) is 20.4. The van der Waals surface area contributed by atoms with Gasteiger partial charge in [0.1, 0.15) is 0 Å². The summed E-state index contributed by atoms with van der Waals surface area (Å²) in [5.41, 5.74) is 6.29. The first kappa shape index (κ1) is 19.5. The summed E-state index contributed by atoms with van der Waals surface area (Å²) in [6.07, 6.45) is 6.33. The maximum atomic E-state index is 6.15. The summed E-state index contributed by atoms with van der Waals surface area (Å²) in [6, 6.07) is 14.9. The first-order chi connectivity index (χ1) is 14.1. The molecule has 0 saturated heterocycles. The number of rotatable bonds is 5. The Morgan fingerprint density at radius 3 is 2.59 bits per heavy atom. The second kappa shape index (κ2) is 8.26. The zero-order valence-electron chi connectivity index (χ0n) is 17.5. The van der Waals surface area contributed by atoms with Gasteiger partial charge in [0.25, 0.3) is 5.01 Å². The summed E-state index contributed by atoms with van der Waals surface area (Å²) in [5.74, 6) is 1.83. The van der Waals surface area contributed by atoms with E-state index < -0.39 is 0 Å². The number of hydrogen-bond donors (Lipinski definition) is 0. The Hall–Kier alpha value is -2.85. The molecule has 0 bridgehead atoms. The van der Waals surface area contributed by atoms with Crippen molar-refractivity contribution in [3.63, 3.8) is 0 Å². The molecule has 3 nitrogen and oxygen atoms in total. The minimum atomic E-state index is 0.876. The molecule has 29 heavy (non-hydrogen) atoms. The van der Waals surface area contributed by atoms with E-state index in [0.29, 0.717) is 0 Å². The van der Waals surface area contributed by atoms with Crippen LogP contribution in [0.4, 0.5) is 5.69 Å². The maximum Gasteiger partial charge on any atom is 0.262 e. The molecule has 1 aliphatic rings. The van der Waals surface area contributed by atoms with Crippen LogP contribution < -0.4 is 14.2 Å². The van der Waals surface area contributed by atoms with Crippen LogP contribution in [-0.2, 0) is 6.54 Å². The standard InChI is InChI=1S/C25H27N2OS/c1-5-26-22-14-18(2)19(3)15-23(22)28-24(26)12-9-13-25-27(20(4)17-29-25)16-21-10-7-6-8-11-21/h6-15,17H,5,16H2,1-4H3/q+1. The van der Waals surface area contributed by atoms with E-state index in [1.807, 2.05) is 0 Å². The van der Waals surface area contributed by atoms with E-state index in [-0.39, 0.29) is 0 Å². The van der Waals surface area contributed by atoms with Crippen molar-refractivity contribution in [3.05, 3.63) is 93.3 Å². The second-order valence-electron chi connectivity index (χ2n) is 7.40. The molecule has 0 spiro atoms. The number of nitrogens with zero attached hydrogens (tertiary/aromatic N) is 2. The van der Waals surface area contributed by atoms with Crippen LogP contribution in [0.15, 0.2) is 65.9 Å². The molecule has 0 fully saturated rings. The Labute approximate surface area is 177 Å². The Bertz CT molecular complexity index is 1080. The van der Waals surface area contributed by atoms with Crippen molar-refractivity contribution in [3.8, 4) is 5.75 Å². The monoisotopic (exact) mass is 403 g/mol. The van der Waals surface area contributed by atoms with E-state index in [0.717, 1.165) is 30.4 Å². The van der Waals surface area contributed by atoms with Gasteiger partial charge < -0.3 is 9.64 Å². The molecule has 0 atom stereocenters. The molecule has 1 aliphatic heterocycles. The highest BCUT2D eigenvalue weighted by Gasteiger charge is 2.25. The third-order valence-electron chi connectivity index (χ3n) is 5.37. The first-order valence-electron chi connectivity index (χ1n) is 10.0. The molecule has 0 unspecified atom stereocenters. The lowest BCUT2D eigenvalue weighted by atomic mass is 10.1. The Morgan fingerprint density at radius 1 is 1.07 bits per heavy atom. The van der Waals surface area contributed by atoms with Crippen molar-refractivity contribution in [2.24, 2.45) is 0 Å². The van der Waals surface area contributed by atoms with Crippen LogP contribution in [0.5, 0.6) is 5.75 Å². The highest BCUT2D eigenvalue weighted by Crippen LogP contribution is 2.40. The topological polar surface area (TPSA) is 16.4 Å². The molecule has 0 N–H and O–H groups in total. The van der Waals surface area contributed by atoms with E-state index in [2.05, 4.69) is 103 Å².